The van der Waals surface area contributed by atoms with Crippen molar-refractivity contribution < 1.29 is 4.57 Å². The van der Waals surface area contributed by atoms with Crippen molar-refractivity contribution in [1.82, 2.24) is 4.98 Å². The Kier molecular flexibility index (Phi) is 9.64. The lowest BCUT2D eigenvalue weighted by Gasteiger charge is -2.24. The van der Waals surface area contributed by atoms with Gasteiger partial charge < -0.3 is 10.6 Å². The maximum atomic E-state index is 5.84. The molecule has 2 heterocycles. The number of rotatable bonds is 12. The maximum Gasteiger partial charge on any atom is 0.231 e. The summed E-state index contributed by atoms with van der Waals surface area (Å²) in [7, 11) is 0. The highest BCUT2D eigenvalue weighted by atomic mass is 15.1. The highest BCUT2D eigenvalue weighted by molar-refractivity contribution is 5.71. The SMILES string of the molecule is CCCCN(CCCC)c1ccc(/C=C/c2cc[n+](CCN)c(-c3cc(C)ccn3)c2)cc1. The number of benzene rings is 1. The van der Waals surface area contributed by atoms with Crippen molar-refractivity contribution >= 4 is 17.8 Å². The third-order valence-corrected chi connectivity index (χ3v) is 5.90. The van der Waals surface area contributed by atoms with Crippen LogP contribution in [0.1, 0.15) is 56.2 Å². The molecule has 0 aliphatic rings. The van der Waals surface area contributed by atoms with E-state index < -0.39 is 0 Å². The maximum absolute atomic E-state index is 5.84. The van der Waals surface area contributed by atoms with E-state index in [4.69, 9.17) is 5.73 Å². The summed E-state index contributed by atoms with van der Waals surface area (Å²) in [4.78, 5) is 7.11. The lowest BCUT2D eigenvalue weighted by molar-refractivity contribution is -0.683. The van der Waals surface area contributed by atoms with Crippen LogP contribution in [-0.4, -0.2) is 24.6 Å². The Bertz CT molecular complexity index is 1020. The van der Waals surface area contributed by atoms with Gasteiger partial charge in [0.25, 0.3) is 0 Å². The summed E-state index contributed by atoms with van der Waals surface area (Å²) < 4.78 is 2.18. The molecule has 0 spiro atoms. The van der Waals surface area contributed by atoms with E-state index in [1.54, 1.807) is 0 Å². The first kappa shape index (κ1) is 24.7. The average molecular weight is 444 g/mol. The fourth-order valence-electron chi connectivity index (χ4n) is 3.94. The zero-order valence-corrected chi connectivity index (χ0v) is 20.5. The van der Waals surface area contributed by atoms with Crippen LogP contribution in [0.3, 0.4) is 0 Å². The van der Waals surface area contributed by atoms with Crippen LogP contribution in [0.2, 0.25) is 0 Å². The predicted molar refractivity (Wildman–Crippen MR) is 141 cm³/mol. The molecule has 3 rings (SSSR count). The van der Waals surface area contributed by atoms with Crippen LogP contribution in [0.5, 0.6) is 0 Å². The van der Waals surface area contributed by atoms with Crippen molar-refractivity contribution in [3.63, 3.8) is 0 Å². The first-order chi connectivity index (χ1) is 16.1. The lowest BCUT2D eigenvalue weighted by Crippen LogP contribution is -2.39. The third kappa shape index (κ3) is 7.26. The van der Waals surface area contributed by atoms with Gasteiger partial charge in [-0.25, -0.2) is 4.98 Å². The number of anilines is 1. The van der Waals surface area contributed by atoms with Gasteiger partial charge in [0.15, 0.2) is 12.7 Å². The second-order valence-corrected chi connectivity index (χ2v) is 8.66. The molecule has 33 heavy (non-hydrogen) atoms. The number of hydrogen-bond donors (Lipinski definition) is 1. The van der Waals surface area contributed by atoms with Crippen LogP contribution >= 0.6 is 0 Å². The Hall–Kier alpha value is -2.98. The van der Waals surface area contributed by atoms with Gasteiger partial charge in [0.2, 0.25) is 5.69 Å². The van der Waals surface area contributed by atoms with Gasteiger partial charge in [0.1, 0.15) is 5.69 Å². The smallest absolute Gasteiger partial charge is 0.231 e. The van der Waals surface area contributed by atoms with Crippen LogP contribution in [0.4, 0.5) is 5.69 Å². The minimum absolute atomic E-state index is 0.596. The van der Waals surface area contributed by atoms with E-state index in [9.17, 15) is 0 Å². The van der Waals surface area contributed by atoms with E-state index in [0.717, 1.165) is 36.6 Å². The molecular formula is C29H39N4+. The monoisotopic (exact) mass is 443 g/mol. The van der Waals surface area contributed by atoms with Gasteiger partial charge in [-0.15, -0.1) is 0 Å². The van der Waals surface area contributed by atoms with Crippen molar-refractivity contribution in [3.05, 3.63) is 77.6 Å². The number of hydrogen-bond acceptors (Lipinski definition) is 3. The molecule has 0 fully saturated rings. The molecule has 0 atom stereocenters. The Morgan fingerprint density at radius 3 is 2.24 bits per heavy atom. The molecule has 3 aromatic rings. The van der Waals surface area contributed by atoms with Crippen LogP contribution in [0.15, 0.2) is 60.9 Å². The Labute approximate surface area is 199 Å². The summed E-state index contributed by atoms with van der Waals surface area (Å²) in [6, 6.07) is 17.4. The summed E-state index contributed by atoms with van der Waals surface area (Å²) in [5.74, 6) is 0. The number of aryl methyl sites for hydroxylation is 1. The highest BCUT2D eigenvalue weighted by Crippen LogP contribution is 2.20. The van der Waals surface area contributed by atoms with Crippen molar-refractivity contribution in [3.8, 4) is 11.4 Å². The molecule has 0 unspecified atom stereocenters. The van der Waals surface area contributed by atoms with E-state index in [2.05, 4.69) is 96.0 Å². The van der Waals surface area contributed by atoms with Gasteiger partial charge in [-0.2, -0.15) is 4.57 Å². The first-order valence-corrected chi connectivity index (χ1v) is 12.3. The van der Waals surface area contributed by atoms with Crippen molar-refractivity contribution in [2.45, 2.75) is 53.0 Å². The number of nitrogens with zero attached hydrogens (tertiary/aromatic N) is 3. The quantitative estimate of drug-likeness (QED) is 0.356. The van der Waals surface area contributed by atoms with Crippen molar-refractivity contribution in [2.24, 2.45) is 5.73 Å². The second-order valence-electron chi connectivity index (χ2n) is 8.66. The third-order valence-electron chi connectivity index (χ3n) is 5.90. The van der Waals surface area contributed by atoms with Crippen LogP contribution in [0.25, 0.3) is 23.5 Å². The number of nitrogens with two attached hydrogens (primary N) is 1. The Balaban J connectivity index is 1.79. The Morgan fingerprint density at radius 2 is 1.61 bits per heavy atom. The standard InChI is InChI=1S/C29H39N4/c1-4-6-18-32(19-7-5-2)27-12-10-25(11-13-27)8-9-26-15-20-33(21-16-30)29(23-26)28-22-24(3)14-17-31-28/h8-15,17,20,22-23H,4-7,16,18-19,21,30H2,1-3H3/q+1. The number of aromatic nitrogens is 2. The number of pyridine rings is 2. The van der Waals surface area contributed by atoms with E-state index in [1.807, 2.05) is 12.3 Å². The minimum Gasteiger partial charge on any atom is -0.372 e. The highest BCUT2D eigenvalue weighted by Gasteiger charge is 2.14. The molecule has 4 nitrogen and oxygen atoms in total. The minimum atomic E-state index is 0.596. The van der Waals surface area contributed by atoms with E-state index in [0.29, 0.717) is 6.54 Å². The van der Waals surface area contributed by atoms with E-state index >= 15 is 0 Å². The summed E-state index contributed by atoms with van der Waals surface area (Å²) in [6.45, 7) is 10.2. The molecule has 0 aliphatic heterocycles. The van der Waals surface area contributed by atoms with E-state index in [1.165, 1.54) is 42.5 Å². The molecule has 1 aromatic carbocycles. The molecule has 0 aliphatic carbocycles. The van der Waals surface area contributed by atoms with Crippen LogP contribution < -0.4 is 15.2 Å². The summed E-state index contributed by atoms with van der Waals surface area (Å²) in [5.41, 5.74) is 12.8. The molecule has 2 aromatic heterocycles. The molecule has 2 N–H and O–H groups in total. The molecule has 0 radical (unpaired) electrons. The van der Waals surface area contributed by atoms with Gasteiger partial charge in [-0.3, -0.25) is 0 Å². The fourth-order valence-corrected chi connectivity index (χ4v) is 3.94. The normalized spacial score (nSPS) is 11.3. The van der Waals surface area contributed by atoms with Crippen LogP contribution in [-0.2, 0) is 6.54 Å². The van der Waals surface area contributed by atoms with Gasteiger partial charge >= 0.3 is 0 Å². The molecule has 0 amide bonds. The molecular weight excluding hydrogens is 404 g/mol. The molecule has 0 saturated carbocycles. The molecule has 174 valence electrons. The average Bonchev–Trinajstić information content (AvgIpc) is 2.84. The van der Waals surface area contributed by atoms with Crippen LogP contribution in [0, 0.1) is 6.92 Å². The molecule has 4 heteroatoms. The zero-order chi connectivity index (χ0) is 23.5. The van der Waals surface area contributed by atoms with Gasteiger partial charge in [0, 0.05) is 37.1 Å². The lowest BCUT2D eigenvalue weighted by atomic mass is 10.1. The fraction of sp³-hybridized carbons (Fsp3) is 0.379. The first-order valence-electron chi connectivity index (χ1n) is 12.3. The zero-order valence-electron chi connectivity index (χ0n) is 20.5. The van der Waals surface area contributed by atoms with Gasteiger partial charge in [0.05, 0.1) is 6.54 Å². The van der Waals surface area contributed by atoms with Gasteiger partial charge in [-0.1, -0.05) is 51.0 Å². The molecule has 0 saturated heterocycles. The van der Waals surface area contributed by atoms with Gasteiger partial charge in [-0.05, 0) is 60.7 Å². The molecule has 0 bridgehead atoms. The Morgan fingerprint density at radius 1 is 0.909 bits per heavy atom. The van der Waals surface area contributed by atoms with Crippen molar-refractivity contribution in [1.29, 1.82) is 0 Å². The number of unbranched alkanes of at least 4 members (excludes halogenated alkanes) is 2. The summed E-state index contributed by atoms with van der Waals surface area (Å²) in [5, 5.41) is 0. The largest absolute Gasteiger partial charge is 0.372 e. The van der Waals surface area contributed by atoms with E-state index in [-0.39, 0.29) is 0 Å². The second kappa shape index (κ2) is 12.9. The van der Waals surface area contributed by atoms with Crippen molar-refractivity contribution in [2.75, 3.05) is 24.5 Å². The predicted octanol–water partition coefficient (Wildman–Crippen LogP) is 5.88. The summed E-state index contributed by atoms with van der Waals surface area (Å²) in [6.07, 6.45) is 13.3. The summed E-state index contributed by atoms with van der Waals surface area (Å²) >= 11 is 0. The topological polar surface area (TPSA) is 46.0 Å².